The summed E-state index contributed by atoms with van der Waals surface area (Å²) < 4.78 is 23.9. The molecule has 18 heavy (non-hydrogen) atoms. The molecule has 0 amide bonds. The van der Waals surface area contributed by atoms with Crippen LogP contribution in [0.25, 0.3) is 0 Å². The van der Waals surface area contributed by atoms with Crippen molar-refractivity contribution in [1.82, 2.24) is 0 Å². The highest BCUT2D eigenvalue weighted by Gasteiger charge is 2.02. The molecule has 1 aromatic rings. The Labute approximate surface area is 107 Å². The highest BCUT2D eigenvalue weighted by Crippen LogP contribution is 2.11. The van der Waals surface area contributed by atoms with Crippen molar-refractivity contribution in [2.45, 2.75) is 13.0 Å². The average molecular weight is 251 g/mol. The number of ether oxygens (including phenoxy) is 2. The summed E-state index contributed by atoms with van der Waals surface area (Å²) in [4.78, 5) is 0. The maximum atomic E-state index is 13.6. The summed E-state index contributed by atoms with van der Waals surface area (Å²) in [6.07, 6.45) is 0.804. The lowest BCUT2D eigenvalue weighted by molar-refractivity contribution is 0.0913. The molecule has 4 heteroatoms. The quantitative estimate of drug-likeness (QED) is 0.618. The minimum Gasteiger partial charge on any atom is -0.385 e. The second-order valence-corrected chi connectivity index (χ2v) is 3.71. The van der Waals surface area contributed by atoms with Gasteiger partial charge >= 0.3 is 0 Å². The van der Waals surface area contributed by atoms with E-state index in [4.69, 9.17) is 15.2 Å². The number of methoxy groups -OCH3 is 1. The maximum absolute atomic E-state index is 13.6. The number of halogens is 1. The van der Waals surface area contributed by atoms with Crippen LogP contribution in [-0.4, -0.2) is 26.9 Å². The fourth-order valence-corrected chi connectivity index (χ4v) is 1.38. The van der Waals surface area contributed by atoms with E-state index in [1.54, 1.807) is 19.2 Å². The number of rotatable bonds is 6. The first-order valence-corrected chi connectivity index (χ1v) is 5.82. The Kier molecular flexibility index (Phi) is 7.04. The van der Waals surface area contributed by atoms with E-state index >= 15 is 0 Å². The normalized spacial score (nSPS) is 9.94. The van der Waals surface area contributed by atoms with Crippen molar-refractivity contribution in [3.05, 3.63) is 35.1 Å². The molecule has 1 rings (SSSR count). The van der Waals surface area contributed by atoms with Gasteiger partial charge in [-0.2, -0.15) is 0 Å². The molecule has 1 aromatic carbocycles. The summed E-state index contributed by atoms with van der Waals surface area (Å²) in [6, 6.07) is 4.85. The van der Waals surface area contributed by atoms with Crippen molar-refractivity contribution in [1.29, 1.82) is 0 Å². The molecular formula is C14H18FNO2. The Bertz CT molecular complexity index is 424. The summed E-state index contributed by atoms with van der Waals surface area (Å²) in [5, 5.41) is 0. The maximum Gasteiger partial charge on any atom is 0.129 e. The van der Waals surface area contributed by atoms with Crippen LogP contribution in [0.2, 0.25) is 0 Å². The van der Waals surface area contributed by atoms with Crippen LogP contribution < -0.4 is 5.73 Å². The average Bonchev–Trinajstić information content (AvgIpc) is 2.38. The van der Waals surface area contributed by atoms with E-state index in [1.165, 1.54) is 6.07 Å². The van der Waals surface area contributed by atoms with Crippen LogP contribution in [0.5, 0.6) is 0 Å². The predicted octanol–water partition coefficient (Wildman–Crippen LogP) is 1.69. The zero-order valence-corrected chi connectivity index (χ0v) is 10.5. The van der Waals surface area contributed by atoms with Gasteiger partial charge in [-0.25, -0.2) is 4.39 Å². The molecule has 0 aliphatic rings. The Morgan fingerprint density at radius 2 is 2.17 bits per heavy atom. The zero-order valence-electron chi connectivity index (χ0n) is 10.5. The topological polar surface area (TPSA) is 44.5 Å². The largest absolute Gasteiger partial charge is 0.385 e. The Hall–Kier alpha value is -1.41. The smallest absolute Gasteiger partial charge is 0.129 e. The molecule has 0 spiro atoms. The Balaban J connectivity index is 2.47. The van der Waals surface area contributed by atoms with Gasteiger partial charge in [0.1, 0.15) is 5.82 Å². The first-order valence-electron chi connectivity index (χ1n) is 5.82. The molecule has 3 nitrogen and oxygen atoms in total. The van der Waals surface area contributed by atoms with Crippen molar-refractivity contribution < 1.29 is 13.9 Å². The van der Waals surface area contributed by atoms with Crippen molar-refractivity contribution in [2.75, 3.05) is 26.9 Å². The van der Waals surface area contributed by atoms with Crippen LogP contribution in [0.1, 0.15) is 17.5 Å². The third-order valence-corrected chi connectivity index (χ3v) is 2.28. The first-order chi connectivity index (χ1) is 8.77. The van der Waals surface area contributed by atoms with Crippen LogP contribution in [-0.2, 0) is 16.1 Å². The van der Waals surface area contributed by atoms with Gasteiger partial charge in [0.25, 0.3) is 0 Å². The molecular weight excluding hydrogens is 233 g/mol. The minimum absolute atomic E-state index is 0.264. The van der Waals surface area contributed by atoms with Crippen LogP contribution >= 0.6 is 0 Å². The molecule has 0 aliphatic heterocycles. The molecule has 0 fully saturated rings. The SMILES string of the molecule is COCCCOCc1ccc(C#CCN)cc1F. The molecule has 98 valence electrons. The third-order valence-electron chi connectivity index (χ3n) is 2.28. The van der Waals surface area contributed by atoms with Crippen LogP contribution in [0.15, 0.2) is 18.2 Å². The molecule has 0 radical (unpaired) electrons. The van der Waals surface area contributed by atoms with Gasteiger partial charge in [0.15, 0.2) is 0 Å². The van der Waals surface area contributed by atoms with Crippen molar-refractivity contribution in [2.24, 2.45) is 5.73 Å². The molecule has 0 bridgehead atoms. The van der Waals surface area contributed by atoms with Crippen LogP contribution in [0.3, 0.4) is 0 Å². The minimum atomic E-state index is -0.300. The van der Waals surface area contributed by atoms with Crippen molar-refractivity contribution in [3.8, 4) is 11.8 Å². The molecule has 0 saturated heterocycles. The Morgan fingerprint density at radius 3 is 2.83 bits per heavy atom. The van der Waals surface area contributed by atoms with E-state index in [1.807, 2.05) is 0 Å². The van der Waals surface area contributed by atoms with Gasteiger partial charge < -0.3 is 15.2 Å². The van der Waals surface area contributed by atoms with Gasteiger partial charge in [0, 0.05) is 31.5 Å². The summed E-state index contributed by atoms with van der Waals surface area (Å²) in [6.45, 7) is 1.74. The summed E-state index contributed by atoms with van der Waals surface area (Å²) in [5.41, 5.74) is 6.41. The van der Waals surface area contributed by atoms with E-state index in [0.717, 1.165) is 6.42 Å². The first kappa shape index (κ1) is 14.7. The summed E-state index contributed by atoms with van der Waals surface area (Å²) in [7, 11) is 1.64. The molecule has 0 unspecified atom stereocenters. The predicted molar refractivity (Wildman–Crippen MR) is 68.5 cm³/mol. The van der Waals surface area contributed by atoms with Gasteiger partial charge in [-0.3, -0.25) is 0 Å². The Morgan fingerprint density at radius 1 is 1.33 bits per heavy atom. The molecule has 0 heterocycles. The molecule has 0 aromatic heterocycles. The monoisotopic (exact) mass is 251 g/mol. The highest BCUT2D eigenvalue weighted by molar-refractivity contribution is 5.37. The standard InChI is InChI=1S/C14H18FNO2/c1-17-8-3-9-18-11-13-6-5-12(4-2-7-16)10-14(13)15/h5-6,10H,3,7-9,11,16H2,1H3. The molecule has 0 atom stereocenters. The zero-order chi connectivity index (χ0) is 13.2. The lowest BCUT2D eigenvalue weighted by Gasteiger charge is -2.05. The molecule has 2 N–H and O–H groups in total. The number of benzene rings is 1. The van der Waals surface area contributed by atoms with Crippen molar-refractivity contribution >= 4 is 0 Å². The summed E-state index contributed by atoms with van der Waals surface area (Å²) in [5.74, 6) is 5.17. The van der Waals surface area contributed by atoms with E-state index in [9.17, 15) is 4.39 Å². The highest BCUT2D eigenvalue weighted by atomic mass is 19.1. The fraction of sp³-hybridized carbons (Fsp3) is 0.429. The number of nitrogens with two attached hydrogens (primary N) is 1. The lowest BCUT2D eigenvalue weighted by atomic mass is 10.1. The van der Waals surface area contributed by atoms with Gasteiger partial charge in [0.05, 0.1) is 13.2 Å². The third kappa shape index (κ3) is 5.28. The second kappa shape index (κ2) is 8.65. The van der Waals surface area contributed by atoms with Crippen LogP contribution in [0, 0.1) is 17.7 Å². The summed E-state index contributed by atoms with van der Waals surface area (Å²) >= 11 is 0. The molecule has 0 saturated carbocycles. The number of hydrogen-bond donors (Lipinski definition) is 1. The molecule has 0 aliphatic carbocycles. The van der Waals surface area contributed by atoms with Gasteiger partial charge in [-0.15, -0.1) is 0 Å². The number of hydrogen-bond acceptors (Lipinski definition) is 3. The van der Waals surface area contributed by atoms with E-state index in [0.29, 0.717) is 24.3 Å². The lowest BCUT2D eigenvalue weighted by Crippen LogP contribution is -2.01. The van der Waals surface area contributed by atoms with E-state index in [-0.39, 0.29) is 19.0 Å². The van der Waals surface area contributed by atoms with E-state index in [2.05, 4.69) is 11.8 Å². The fourth-order valence-electron chi connectivity index (χ4n) is 1.38. The van der Waals surface area contributed by atoms with Crippen molar-refractivity contribution in [3.63, 3.8) is 0 Å². The second-order valence-electron chi connectivity index (χ2n) is 3.71. The van der Waals surface area contributed by atoms with Crippen LogP contribution in [0.4, 0.5) is 4.39 Å². The van der Waals surface area contributed by atoms with E-state index < -0.39 is 0 Å². The van der Waals surface area contributed by atoms with Gasteiger partial charge in [-0.05, 0) is 18.6 Å². The van der Waals surface area contributed by atoms with Gasteiger partial charge in [0.2, 0.25) is 0 Å². The van der Waals surface area contributed by atoms with Gasteiger partial charge in [-0.1, -0.05) is 17.9 Å².